The number of primary sulfonamides is 1. The Morgan fingerprint density at radius 2 is 2.29 bits per heavy atom. The van der Waals surface area contributed by atoms with Gasteiger partial charge in [0.2, 0.25) is 10.0 Å². The number of carboxylic acid groups (broad SMARTS) is 1. The van der Waals surface area contributed by atoms with Crippen LogP contribution in [-0.4, -0.2) is 29.3 Å². The molecule has 0 aromatic carbocycles. The van der Waals surface area contributed by atoms with Gasteiger partial charge in [0.25, 0.3) is 0 Å². The molecule has 1 atom stereocenters. The third-order valence-corrected chi connectivity index (χ3v) is 2.53. The van der Waals surface area contributed by atoms with Crippen LogP contribution >= 0.6 is 0 Å². The Hall–Kier alpha value is -1.41. The molecular weight excluding hydrogens is 210 g/mol. The molecule has 0 aliphatic rings. The summed E-state index contributed by atoms with van der Waals surface area (Å²) in [6.45, 7) is 1.38. The van der Waals surface area contributed by atoms with Gasteiger partial charge >= 0.3 is 5.97 Å². The predicted molar refractivity (Wildman–Crippen MR) is 45.9 cm³/mol. The van der Waals surface area contributed by atoms with Gasteiger partial charge in [0, 0.05) is 6.20 Å². The minimum absolute atomic E-state index is 0.203. The summed E-state index contributed by atoms with van der Waals surface area (Å²) in [6, 6.07) is -0.925. The van der Waals surface area contributed by atoms with E-state index in [1.54, 1.807) is 0 Å². The van der Waals surface area contributed by atoms with Crippen molar-refractivity contribution in [2.24, 2.45) is 5.14 Å². The maximum Gasteiger partial charge on any atom is 0.328 e. The first-order valence-electron chi connectivity index (χ1n) is 3.62. The zero-order valence-corrected chi connectivity index (χ0v) is 8.10. The molecule has 0 aliphatic heterocycles. The lowest BCUT2D eigenvalue weighted by Crippen LogP contribution is -2.16. The van der Waals surface area contributed by atoms with E-state index in [1.807, 2.05) is 0 Å². The minimum atomic E-state index is -3.82. The lowest BCUT2D eigenvalue weighted by Gasteiger charge is -2.04. The molecule has 7 nitrogen and oxygen atoms in total. The molecule has 14 heavy (non-hydrogen) atoms. The van der Waals surface area contributed by atoms with Crippen molar-refractivity contribution >= 4 is 16.0 Å². The Morgan fingerprint density at radius 1 is 1.71 bits per heavy atom. The fourth-order valence-corrected chi connectivity index (χ4v) is 1.24. The SMILES string of the molecule is CC(C(=O)O)n1cc(S(N)(=O)=O)cn1. The molecule has 0 saturated carbocycles. The van der Waals surface area contributed by atoms with Crippen LogP contribution < -0.4 is 5.14 Å². The highest BCUT2D eigenvalue weighted by Crippen LogP contribution is 2.09. The first-order chi connectivity index (χ1) is 6.32. The van der Waals surface area contributed by atoms with Crippen molar-refractivity contribution in [1.82, 2.24) is 9.78 Å². The second-order valence-electron chi connectivity index (χ2n) is 2.72. The number of hydrogen-bond acceptors (Lipinski definition) is 4. The highest BCUT2D eigenvalue weighted by Gasteiger charge is 2.17. The molecular formula is C6H9N3O4S. The topological polar surface area (TPSA) is 115 Å². The van der Waals surface area contributed by atoms with Crippen molar-refractivity contribution in [3.8, 4) is 0 Å². The molecule has 0 saturated heterocycles. The van der Waals surface area contributed by atoms with E-state index < -0.39 is 22.0 Å². The molecule has 1 unspecified atom stereocenters. The van der Waals surface area contributed by atoms with E-state index in [0.717, 1.165) is 17.1 Å². The molecule has 1 heterocycles. The van der Waals surface area contributed by atoms with E-state index in [-0.39, 0.29) is 4.90 Å². The highest BCUT2D eigenvalue weighted by atomic mass is 32.2. The number of rotatable bonds is 3. The Morgan fingerprint density at radius 3 is 2.64 bits per heavy atom. The van der Waals surface area contributed by atoms with Crippen molar-refractivity contribution in [3.05, 3.63) is 12.4 Å². The summed E-state index contributed by atoms with van der Waals surface area (Å²) >= 11 is 0. The maximum absolute atomic E-state index is 10.8. The standard InChI is InChI=1S/C6H9N3O4S/c1-4(6(10)11)9-3-5(2-8-9)14(7,12)13/h2-4H,1H3,(H,10,11)(H2,7,12,13). The number of carbonyl (C=O) groups is 1. The summed E-state index contributed by atoms with van der Waals surface area (Å²) in [5.41, 5.74) is 0. The third-order valence-electron chi connectivity index (χ3n) is 1.66. The van der Waals surface area contributed by atoms with Gasteiger partial charge in [-0.3, -0.25) is 4.68 Å². The average molecular weight is 219 g/mol. The number of aliphatic carboxylic acids is 1. The minimum Gasteiger partial charge on any atom is -0.480 e. The number of sulfonamides is 1. The van der Waals surface area contributed by atoms with Crippen molar-refractivity contribution in [3.63, 3.8) is 0 Å². The van der Waals surface area contributed by atoms with Crippen LogP contribution in [0.4, 0.5) is 0 Å². The molecule has 0 amide bonds. The summed E-state index contributed by atoms with van der Waals surface area (Å²) < 4.78 is 22.6. The van der Waals surface area contributed by atoms with E-state index in [1.165, 1.54) is 6.92 Å². The summed E-state index contributed by atoms with van der Waals surface area (Å²) in [4.78, 5) is 10.3. The van der Waals surface area contributed by atoms with Crippen LogP contribution in [0.3, 0.4) is 0 Å². The quantitative estimate of drug-likeness (QED) is 0.688. The van der Waals surface area contributed by atoms with Gasteiger partial charge in [-0.05, 0) is 6.92 Å². The molecule has 0 spiro atoms. The summed E-state index contributed by atoms with van der Waals surface area (Å²) in [5.74, 6) is -1.10. The van der Waals surface area contributed by atoms with E-state index in [9.17, 15) is 13.2 Å². The number of aromatic nitrogens is 2. The van der Waals surface area contributed by atoms with Gasteiger partial charge in [0.05, 0.1) is 6.20 Å². The second kappa shape index (κ2) is 3.39. The van der Waals surface area contributed by atoms with Crippen LogP contribution in [0.1, 0.15) is 13.0 Å². The van der Waals surface area contributed by atoms with E-state index >= 15 is 0 Å². The number of nitrogens with zero attached hydrogens (tertiary/aromatic N) is 2. The largest absolute Gasteiger partial charge is 0.480 e. The third kappa shape index (κ3) is 2.09. The van der Waals surface area contributed by atoms with Gasteiger partial charge in [0.15, 0.2) is 0 Å². The Bertz CT molecular complexity index is 449. The van der Waals surface area contributed by atoms with Crippen LogP contribution in [0.5, 0.6) is 0 Å². The Labute approximate surface area is 80.2 Å². The molecule has 8 heteroatoms. The normalized spacial score (nSPS) is 13.9. The Balaban J connectivity index is 3.06. The van der Waals surface area contributed by atoms with Crippen molar-refractivity contribution in [1.29, 1.82) is 0 Å². The fourth-order valence-electron chi connectivity index (χ4n) is 0.792. The second-order valence-corrected chi connectivity index (χ2v) is 4.28. The van der Waals surface area contributed by atoms with E-state index in [0.29, 0.717) is 0 Å². The van der Waals surface area contributed by atoms with Crippen LogP contribution in [0.15, 0.2) is 17.3 Å². The number of carboxylic acids is 1. The first kappa shape index (κ1) is 10.7. The highest BCUT2D eigenvalue weighted by molar-refractivity contribution is 7.89. The van der Waals surface area contributed by atoms with Crippen molar-refractivity contribution < 1.29 is 18.3 Å². The molecule has 78 valence electrons. The molecule has 0 radical (unpaired) electrons. The van der Waals surface area contributed by atoms with E-state index in [2.05, 4.69) is 5.10 Å². The molecule has 0 aliphatic carbocycles. The number of hydrogen-bond donors (Lipinski definition) is 2. The van der Waals surface area contributed by atoms with Gasteiger partial charge in [-0.2, -0.15) is 5.10 Å². The predicted octanol–water partition coefficient (Wildman–Crippen LogP) is -0.824. The lowest BCUT2D eigenvalue weighted by atomic mass is 10.4. The van der Waals surface area contributed by atoms with Crippen LogP contribution in [0, 0.1) is 0 Å². The molecule has 1 aromatic rings. The zero-order valence-electron chi connectivity index (χ0n) is 7.28. The molecule has 0 fully saturated rings. The summed E-state index contributed by atoms with van der Waals surface area (Å²) in [7, 11) is -3.82. The van der Waals surface area contributed by atoms with Crippen molar-refractivity contribution in [2.45, 2.75) is 17.9 Å². The van der Waals surface area contributed by atoms with Gasteiger partial charge < -0.3 is 5.11 Å². The van der Waals surface area contributed by atoms with Gasteiger partial charge in [-0.1, -0.05) is 0 Å². The lowest BCUT2D eigenvalue weighted by molar-refractivity contribution is -0.140. The van der Waals surface area contributed by atoms with Crippen molar-refractivity contribution in [2.75, 3.05) is 0 Å². The maximum atomic E-state index is 10.8. The molecule has 0 bridgehead atoms. The number of nitrogens with two attached hydrogens (primary N) is 1. The zero-order chi connectivity index (χ0) is 10.9. The summed E-state index contributed by atoms with van der Waals surface area (Å²) in [6.07, 6.45) is 2.09. The van der Waals surface area contributed by atoms with Gasteiger partial charge in [-0.25, -0.2) is 18.4 Å². The van der Waals surface area contributed by atoms with Crippen LogP contribution in [0.2, 0.25) is 0 Å². The average Bonchev–Trinajstić information content (AvgIpc) is 2.49. The van der Waals surface area contributed by atoms with Crippen LogP contribution in [-0.2, 0) is 14.8 Å². The first-order valence-corrected chi connectivity index (χ1v) is 5.17. The van der Waals surface area contributed by atoms with Crippen LogP contribution in [0.25, 0.3) is 0 Å². The molecule has 1 aromatic heterocycles. The molecule has 1 rings (SSSR count). The fraction of sp³-hybridized carbons (Fsp3) is 0.333. The van der Waals surface area contributed by atoms with Gasteiger partial charge in [-0.15, -0.1) is 0 Å². The monoisotopic (exact) mass is 219 g/mol. The smallest absolute Gasteiger partial charge is 0.328 e. The Kier molecular flexibility index (Phi) is 2.58. The van der Waals surface area contributed by atoms with Gasteiger partial charge in [0.1, 0.15) is 10.9 Å². The molecule has 3 N–H and O–H groups in total. The summed E-state index contributed by atoms with van der Waals surface area (Å²) in [5, 5.41) is 17.0. The van der Waals surface area contributed by atoms with E-state index in [4.69, 9.17) is 10.2 Å².